The van der Waals surface area contributed by atoms with Crippen LogP contribution in [0.5, 0.6) is 0 Å². The van der Waals surface area contributed by atoms with Gasteiger partial charge < -0.3 is 4.74 Å². The molecule has 0 saturated carbocycles. The zero-order valence-corrected chi connectivity index (χ0v) is 6.81. The molecule has 1 aliphatic rings. The van der Waals surface area contributed by atoms with E-state index in [2.05, 4.69) is 0 Å². The highest BCUT2D eigenvalue weighted by molar-refractivity contribution is 6.21. The van der Waals surface area contributed by atoms with Crippen molar-refractivity contribution in [2.75, 3.05) is 6.61 Å². The van der Waals surface area contributed by atoms with E-state index in [0.29, 0.717) is 6.61 Å². The number of halogens is 1. The summed E-state index contributed by atoms with van der Waals surface area (Å²) in [7, 11) is 0. The standard InChI is InChI=1S/C6H10ClNO2/c1-3-6(2)4-10-5(9)8(6)7/h3-4H2,1-2H3. The molecule has 10 heavy (non-hydrogen) atoms. The summed E-state index contributed by atoms with van der Waals surface area (Å²) in [6.07, 6.45) is 0.369. The first-order valence-corrected chi connectivity index (χ1v) is 3.57. The summed E-state index contributed by atoms with van der Waals surface area (Å²) in [5.74, 6) is 0. The van der Waals surface area contributed by atoms with E-state index < -0.39 is 6.09 Å². The summed E-state index contributed by atoms with van der Waals surface area (Å²) >= 11 is 5.63. The molecule has 1 fully saturated rings. The Morgan fingerprint density at radius 2 is 2.50 bits per heavy atom. The minimum atomic E-state index is -0.439. The number of ether oxygens (including phenoxy) is 1. The lowest BCUT2D eigenvalue weighted by Crippen LogP contribution is -2.37. The smallest absolute Gasteiger partial charge is 0.425 e. The van der Waals surface area contributed by atoms with Gasteiger partial charge in [0, 0.05) is 11.8 Å². The number of amides is 1. The Morgan fingerprint density at radius 1 is 1.90 bits per heavy atom. The Hall–Kier alpha value is -0.440. The Bertz CT molecular complexity index is 162. The van der Waals surface area contributed by atoms with Gasteiger partial charge in [-0.05, 0) is 13.3 Å². The molecule has 1 saturated heterocycles. The van der Waals surface area contributed by atoms with E-state index >= 15 is 0 Å². The van der Waals surface area contributed by atoms with E-state index in [1.165, 1.54) is 0 Å². The molecule has 1 unspecified atom stereocenters. The quantitative estimate of drug-likeness (QED) is 0.552. The number of nitrogens with zero attached hydrogens (tertiary/aromatic N) is 1. The van der Waals surface area contributed by atoms with Crippen LogP contribution in [0.3, 0.4) is 0 Å². The van der Waals surface area contributed by atoms with Crippen LogP contribution >= 0.6 is 11.8 Å². The van der Waals surface area contributed by atoms with E-state index in [-0.39, 0.29) is 5.54 Å². The first kappa shape index (κ1) is 7.66. The third kappa shape index (κ3) is 0.944. The lowest BCUT2D eigenvalue weighted by Gasteiger charge is -2.23. The highest BCUT2D eigenvalue weighted by Gasteiger charge is 2.41. The van der Waals surface area contributed by atoms with Crippen molar-refractivity contribution in [3.05, 3.63) is 0 Å². The van der Waals surface area contributed by atoms with Crippen LogP contribution < -0.4 is 0 Å². The van der Waals surface area contributed by atoms with Crippen molar-refractivity contribution in [2.24, 2.45) is 0 Å². The van der Waals surface area contributed by atoms with Crippen molar-refractivity contribution in [1.82, 2.24) is 4.42 Å². The molecule has 0 aliphatic carbocycles. The van der Waals surface area contributed by atoms with Gasteiger partial charge >= 0.3 is 6.09 Å². The van der Waals surface area contributed by atoms with E-state index in [1.807, 2.05) is 13.8 Å². The molecule has 0 bridgehead atoms. The minimum Gasteiger partial charge on any atom is -0.446 e. The average Bonchev–Trinajstić information content (AvgIpc) is 2.19. The Labute approximate surface area is 65.0 Å². The molecule has 4 heteroatoms. The van der Waals surface area contributed by atoms with Crippen molar-refractivity contribution in [1.29, 1.82) is 0 Å². The summed E-state index contributed by atoms with van der Waals surface area (Å²) in [6, 6.07) is 0. The molecule has 1 atom stereocenters. The van der Waals surface area contributed by atoms with Crippen LogP contribution in [0.15, 0.2) is 0 Å². The topological polar surface area (TPSA) is 29.5 Å². The SMILES string of the molecule is CCC1(C)COC(=O)N1Cl. The van der Waals surface area contributed by atoms with E-state index in [9.17, 15) is 4.79 Å². The fraction of sp³-hybridized carbons (Fsp3) is 0.833. The van der Waals surface area contributed by atoms with Gasteiger partial charge in [0.2, 0.25) is 0 Å². The third-order valence-corrected chi connectivity index (χ3v) is 2.45. The number of carbonyl (C=O) groups is 1. The Kier molecular flexibility index (Phi) is 1.77. The number of cyclic esters (lactones) is 1. The fourth-order valence-electron chi connectivity index (χ4n) is 0.792. The van der Waals surface area contributed by atoms with Gasteiger partial charge in [-0.2, -0.15) is 0 Å². The molecular formula is C6H10ClNO2. The monoisotopic (exact) mass is 163 g/mol. The molecule has 3 nitrogen and oxygen atoms in total. The van der Waals surface area contributed by atoms with Gasteiger partial charge in [0.15, 0.2) is 0 Å². The maximum Gasteiger partial charge on any atom is 0.425 e. The molecule has 0 aromatic heterocycles. The van der Waals surface area contributed by atoms with Crippen LogP contribution in [0.4, 0.5) is 4.79 Å². The molecular weight excluding hydrogens is 154 g/mol. The molecule has 1 rings (SSSR count). The van der Waals surface area contributed by atoms with Crippen molar-refractivity contribution in [3.8, 4) is 0 Å². The van der Waals surface area contributed by atoms with Crippen LogP contribution in [0.2, 0.25) is 0 Å². The van der Waals surface area contributed by atoms with Crippen LogP contribution in [0.25, 0.3) is 0 Å². The average molecular weight is 164 g/mol. The lowest BCUT2D eigenvalue weighted by atomic mass is 10.0. The van der Waals surface area contributed by atoms with Gasteiger partial charge in [0.1, 0.15) is 6.61 Å². The Balaban J connectivity index is 2.73. The molecule has 1 heterocycles. The number of rotatable bonds is 1. The van der Waals surface area contributed by atoms with Gasteiger partial charge in [-0.1, -0.05) is 6.92 Å². The molecule has 1 amide bonds. The minimum absolute atomic E-state index is 0.307. The van der Waals surface area contributed by atoms with Crippen molar-refractivity contribution in [3.63, 3.8) is 0 Å². The molecule has 0 spiro atoms. The number of carbonyl (C=O) groups excluding carboxylic acids is 1. The van der Waals surface area contributed by atoms with Crippen molar-refractivity contribution < 1.29 is 9.53 Å². The summed E-state index contributed by atoms with van der Waals surface area (Å²) in [4.78, 5) is 10.7. The second kappa shape index (κ2) is 2.31. The maximum absolute atomic E-state index is 10.7. The molecule has 0 aromatic carbocycles. The normalized spacial score (nSPS) is 32.7. The second-order valence-corrected chi connectivity index (χ2v) is 3.02. The first-order valence-electron chi connectivity index (χ1n) is 3.23. The fourth-order valence-corrected chi connectivity index (χ4v) is 1.01. The molecule has 1 aliphatic heterocycles. The van der Waals surface area contributed by atoms with Gasteiger partial charge in [-0.25, -0.2) is 9.21 Å². The van der Waals surface area contributed by atoms with E-state index in [4.69, 9.17) is 16.5 Å². The molecule has 0 N–H and O–H groups in total. The maximum atomic E-state index is 10.7. The zero-order valence-electron chi connectivity index (χ0n) is 6.06. The predicted molar refractivity (Wildman–Crippen MR) is 37.7 cm³/mol. The molecule has 0 aromatic rings. The highest BCUT2D eigenvalue weighted by atomic mass is 35.5. The predicted octanol–water partition coefficient (Wildman–Crippen LogP) is 1.76. The summed E-state index contributed by atoms with van der Waals surface area (Å²) < 4.78 is 5.86. The first-order chi connectivity index (χ1) is 4.60. The van der Waals surface area contributed by atoms with Gasteiger partial charge in [-0.3, -0.25) is 0 Å². The summed E-state index contributed by atoms with van der Waals surface area (Å²) in [6.45, 7) is 4.26. The van der Waals surface area contributed by atoms with Gasteiger partial charge in [0.05, 0.1) is 5.54 Å². The molecule has 0 radical (unpaired) electrons. The van der Waals surface area contributed by atoms with Crippen molar-refractivity contribution in [2.45, 2.75) is 25.8 Å². The van der Waals surface area contributed by atoms with Crippen molar-refractivity contribution >= 4 is 17.9 Å². The summed E-state index contributed by atoms with van der Waals surface area (Å²) in [5, 5.41) is 0. The highest BCUT2D eigenvalue weighted by Crippen LogP contribution is 2.28. The van der Waals surface area contributed by atoms with Crippen LogP contribution in [-0.4, -0.2) is 22.7 Å². The zero-order chi connectivity index (χ0) is 7.78. The van der Waals surface area contributed by atoms with Crippen LogP contribution in [0.1, 0.15) is 20.3 Å². The summed E-state index contributed by atoms with van der Waals surface area (Å²) in [5.41, 5.74) is -0.307. The van der Waals surface area contributed by atoms with Crippen LogP contribution in [-0.2, 0) is 4.74 Å². The van der Waals surface area contributed by atoms with Gasteiger partial charge in [0.25, 0.3) is 0 Å². The third-order valence-electron chi connectivity index (χ3n) is 1.90. The molecule has 58 valence electrons. The number of hydrogen-bond acceptors (Lipinski definition) is 2. The number of hydrogen-bond donors (Lipinski definition) is 0. The van der Waals surface area contributed by atoms with Crippen LogP contribution in [0, 0.1) is 0 Å². The second-order valence-electron chi connectivity index (χ2n) is 2.69. The Morgan fingerprint density at radius 3 is 2.70 bits per heavy atom. The van der Waals surface area contributed by atoms with E-state index in [1.54, 1.807) is 0 Å². The lowest BCUT2D eigenvalue weighted by molar-refractivity contribution is 0.169. The largest absolute Gasteiger partial charge is 0.446 e. The van der Waals surface area contributed by atoms with E-state index in [0.717, 1.165) is 10.8 Å². The van der Waals surface area contributed by atoms with Gasteiger partial charge in [-0.15, -0.1) is 0 Å².